The fourth-order valence-electron chi connectivity index (χ4n) is 3.03. The number of Topliss-reactive ketones (excluding diaryl/α,β-unsaturated/α-hetero) is 1. The first-order valence-electron chi connectivity index (χ1n) is 8.01. The molecule has 0 aliphatic carbocycles. The summed E-state index contributed by atoms with van der Waals surface area (Å²) < 4.78 is 5.10. The lowest BCUT2D eigenvalue weighted by Gasteiger charge is -2.33. The first-order valence-corrected chi connectivity index (χ1v) is 8.01. The van der Waals surface area contributed by atoms with Crippen molar-refractivity contribution < 1.29 is 14.3 Å². The molecule has 0 radical (unpaired) electrons. The van der Waals surface area contributed by atoms with E-state index in [1.165, 1.54) is 13.3 Å². The van der Waals surface area contributed by atoms with Crippen molar-refractivity contribution in [2.75, 3.05) is 26.8 Å². The van der Waals surface area contributed by atoms with Crippen molar-refractivity contribution >= 4 is 11.7 Å². The van der Waals surface area contributed by atoms with Crippen LogP contribution in [-0.2, 0) is 4.74 Å². The summed E-state index contributed by atoms with van der Waals surface area (Å²) >= 11 is 0. The maximum absolute atomic E-state index is 12.6. The SMILES string of the molecule is COCCC[C@H]1CCCN(C(=O)c2ccc(C(C)=O)cc2)C1. The highest BCUT2D eigenvalue weighted by molar-refractivity contribution is 5.97. The Hall–Kier alpha value is -1.68. The number of carbonyl (C=O) groups is 2. The molecule has 2 rings (SSSR count). The number of amides is 1. The van der Waals surface area contributed by atoms with Crippen molar-refractivity contribution in [3.05, 3.63) is 35.4 Å². The van der Waals surface area contributed by atoms with Gasteiger partial charge in [-0.15, -0.1) is 0 Å². The smallest absolute Gasteiger partial charge is 0.253 e. The minimum Gasteiger partial charge on any atom is -0.385 e. The van der Waals surface area contributed by atoms with Gasteiger partial charge in [-0.1, -0.05) is 12.1 Å². The number of hydrogen-bond acceptors (Lipinski definition) is 3. The molecular weight excluding hydrogens is 278 g/mol. The number of methoxy groups -OCH3 is 1. The minimum absolute atomic E-state index is 0.0233. The van der Waals surface area contributed by atoms with Crippen molar-refractivity contribution in [3.8, 4) is 0 Å². The third-order valence-corrected chi connectivity index (χ3v) is 4.31. The maximum Gasteiger partial charge on any atom is 0.253 e. The fraction of sp³-hybridized carbons (Fsp3) is 0.556. The molecule has 1 aromatic carbocycles. The highest BCUT2D eigenvalue weighted by atomic mass is 16.5. The lowest BCUT2D eigenvalue weighted by molar-refractivity contribution is 0.0660. The molecule has 1 fully saturated rings. The van der Waals surface area contributed by atoms with Gasteiger partial charge in [0.2, 0.25) is 0 Å². The summed E-state index contributed by atoms with van der Waals surface area (Å²) in [6.45, 7) is 3.98. The average molecular weight is 303 g/mol. The van der Waals surface area contributed by atoms with Crippen LogP contribution in [0, 0.1) is 5.92 Å². The number of hydrogen-bond donors (Lipinski definition) is 0. The van der Waals surface area contributed by atoms with Crippen LogP contribution in [0.25, 0.3) is 0 Å². The second kappa shape index (κ2) is 8.08. The molecule has 1 aromatic rings. The van der Waals surface area contributed by atoms with Crippen molar-refractivity contribution in [1.82, 2.24) is 4.90 Å². The van der Waals surface area contributed by atoms with E-state index in [0.29, 0.717) is 17.0 Å². The first-order chi connectivity index (χ1) is 10.6. The summed E-state index contributed by atoms with van der Waals surface area (Å²) in [7, 11) is 1.72. The van der Waals surface area contributed by atoms with E-state index in [1.54, 1.807) is 31.4 Å². The van der Waals surface area contributed by atoms with E-state index in [9.17, 15) is 9.59 Å². The molecule has 1 aliphatic rings. The Balaban J connectivity index is 1.94. The summed E-state index contributed by atoms with van der Waals surface area (Å²) in [5.41, 5.74) is 1.31. The molecule has 4 heteroatoms. The summed E-state index contributed by atoms with van der Waals surface area (Å²) in [6.07, 6.45) is 4.42. The van der Waals surface area contributed by atoms with Gasteiger partial charge in [-0.3, -0.25) is 9.59 Å². The topological polar surface area (TPSA) is 46.6 Å². The third-order valence-electron chi connectivity index (χ3n) is 4.31. The Morgan fingerprint density at radius 3 is 2.55 bits per heavy atom. The van der Waals surface area contributed by atoms with Crippen LogP contribution in [0.3, 0.4) is 0 Å². The molecule has 1 aliphatic heterocycles. The summed E-state index contributed by atoms with van der Waals surface area (Å²) in [4.78, 5) is 25.8. The zero-order chi connectivity index (χ0) is 15.9. The van der Waals surface area contributed by atoms with Gasteiger partial charge in [0.1, 0.15) is 0 Å². The van der Waals surface area contributed by atoms with Crippen molar-refractivity contribution in [3.63, 3.8) is 0 Å². The van der Waals surface area contributed by atoms with Gasteiger partial charge in [0, 0.05) is 37.9 Å². The van der Waals surface area contributed by atoms with Gasteiger partial charge in [0.25, 0.3) is 5.91 Å². The summed E-state index contributed by atoms with van der Waals surface area (Å²) in [5.74, 6) is 0.672. The van der Waals surface area contributed by atoms with Gasteiger partial charge in [-0.25, -0.2) is 0 Å². The Kier molecular flexibility index (Phi) is 6.13. The van der Waals surface area contributed by atoms with Crippen LogP contribution in [0.4, 0.5) is 0 Å². The molecule has 0 bridgehead atoms. The average Bonchev–Trinajstić information content (AvgIpc) is 2.55. The van der Waals surface area contributed by atoms with Crippen molar-refractivity contribution in [1.29, 1.82) is 0 Å². The van der Waals surface area contributed by atoms with Crippen LogP contribution < -0.4 is 0 Å². The lowest BCUT2D eigenvalue weighted by atomic mass is 9.93. The number of piperidine rings is 1. The van der Waals surface area contributed by atoms with E-state index in [1.807, 2.05) is 4.90 Å². The van der Waals surface area contributed by atoms with Crippen LogP contribution in [0.2, 0.25) is 0 Å². The standard InChI is InChI=1S/C18H25NO3/c1-14(20)16-7-9-17(10-8-16)18(21)19-11-3-5-15(13-19)6-4-12-22-2/h7-10,15H,3-6,11-13H2,1-2H3/t15-/m1/s1. The molecule has 1 saturated heterocycles. The number of nitrogens with zero attached hydrogens (tertiary/aromatic N) is 1. The highest BCUT2D eigenvalue weighted by Crippen LogP contribution is 2.22. The molecular formula is C18H25NO3. The summed E-state index contributed by atoms with van der Waals surface area (Å²) in [6, 6.07) is 6.98. The van der Waals surface area contributed by atoms with Gasteiger partial charge < -0.3 is 9.64 Å². The third kappa shape index (κ3) is 4.41. The van der Waals surface area contributed by atoms with Crippen LogP contribution >= 0.6 is 0 Å². The second-order valence-electron chi connectivity index (χ2n) is 6.03. The lowest BCUT2D eigenvalue weighted by Crippen LogP contribution is -2.40. The number of likely N-dealkylation sites (tertiary alicyclic amines) is 1. The zero-order valence-corrected chi connectivity index (χ0v) is 13.5. The number of benzene rings is 1. The molecule has 0 aromatic heterocycles. The quantitative estimate of drug-likeness (QED) is 0.599. The molecule has 4 nitrogen and oxygen atoms in total. The largest absolute Gasteiger partial charge is 0.385 e. The number of ether oxygens (including phenoxy) is 1. The molecule has 0 unspecified atom stereocenters. The zero-order valence-electron chi connectivity index (χ0n) is 13.5. The van der Waals surface area contributed by atoms with Crippen molar-refractivity contribution in [2.24, 2.45) is 5.92 Å². The number of rotatable bonds is 6. The molecule has 120 valence electrons. The van der Waals surface area contributed by atoms with Gasteiger partial charge in [0.05, 0.1) is 0 Å². The van der Waals surface area contributed by atoms with E-state index < -0.39 is 0 Å². The second-order valence-corrected chi connectivity index (χ2v) is 6.03. The minimum atomic E-state index is 0.0233. The van der Waals surface area contributed by atoms with Gasteiger partial charge in [-0.05, 0) is 50.7 Å². The Bertz CT molecular complexity index is 510. The Morgan fingerprint density at radius 1 is 1.23 bits per heavy atom. The molecule has 22 heavy (non-hydrogen) atoms. The highest BCUT2D eigenvalue weighted by Gasteiger charge is 2.24. The van der Waals surface area contributed by atoms with E-state index in [-0.39, 0.29) is 11.7 Å². The fourth-order valence-corrected chi connectivity index (χ4v) is 3.03. The molecule has 1 atom stereocenters. The van der Waals surface area contributed by atoms with Gasteiger partial charge in [0.15, 0.2) is 5.78 Å². The molecule has 0 spiro atoms. The summed E-state index contributed by atoms with van der Waals surface area (Å²) in [5, 5.41) is 0. The van der Waals surface area contributed by atoms with E-state index in [0.717, 1.165) is 39.0 Å². The van der Waals surface area contributed by atoms with Gasteiger partial charge in [-0.2, -0.15) is 0 Å². The molecule has 0 N–H and O–H groups in total. The van der Waals surface area contributed by atoms with E-state index in [4.69, 9.17) is 4.74 Å². The van der Waals surface area contributed by atoms with Gasteiger partial charge >= 0.3 is 0 Å². The number of carbonyl (C=O) groups excluding carboxylic acids is 2. The van der Waals surface area contributed by atoms with Crippen LogP contribution in [-0.4, -0.2) is 43.4 Å². The molecule has 1 amide bonds. The van der Waals surface area contributed by atoms with E-state index in [2.05, 4.69) is 0 Å². The number of ketones is 1. The maximum atomic E-state index is 12.6. The predicted octanol–water partition coefficient (Wildman–Crippen LogP) is 3.17. The molecule has 0 saturated carbocycles. The van der Waals surface area contributed by atoms with E-state index >= 15 is 0 Å². The predicted molar refractivity (Wildman–Crippen MR) is 86.2 cm³/mol. The Labute approximate surface area is 132 Å². The Morgan fingerprint density at radius 2 is 1.91 bits per heavy atom. The van der Waals surface area contributed by atoms with Crippen molar-refractivity contribution in [2.45, 2.75) is 32.6 Å². The van der Waals surface area contributed by atoms with Crippen LogP contribution in [0.1, 0.15) is 53.3 Å². The van der Waals surface area contributed by atoms with Crippen LogP contribution in [0.5, 0.6) is 0 Å². The first kappa shape index (κ1) is 16.7. The normalized spacial score (nSPS) is 18.3. The van der Waals surface area contributed by atoms with Crippen LogP contribution in [0.15, 0.2) is 24.3 Å². The monoisotopic (exact) mass is 303 g/mol. The molecule has 1 heterocycles.